The van der Waals surface area contributed by atoms with Gasteiger partial charge in [-0.2, -0.15) is 0 Å². The van der Waals surface area contributed by atoms with Crippen molar-refractivity contribution in [2.24, 2.45) is 5.92 Å². The monoisotopic (exact) mass is 363 g/mol. The first-order chi connectivity index (χ1) is 11.9. The van der Waals surface area contributed by atoms with E-state index in [0.717, 1.165) is 23.3 Å². The Labute approximate surface area is 155 Å². The Hall–Kier alpha value is -1.82. The topological polar surface area (TPSA) is 62.4 Å². The third kappa shape index (κ3) is 5.59. The van der Waals surface area contributed by atoms with Gasteiger partial charge in [0.1, 0.15) is 5.75 Å². The molecule has 0 saturated heterocycles. The van der Waals surface area contributed by atoms with E-state index in [-0.39, 0.29) is 5.91 Å². The number of benzene rings is 1. The molecule has 0 bridgehead atoms. The van der Waals surface area contributed by atoms with Crippen molar-refractivity contribution in [3.63, 3.8) is 0 Å². The van der Waals surface area contributed by atoms with Crippen LogP contribution < -0.4 is 20.9 Å². The van der Waals surface area contributed by atoms with Crippen LogP contribution in [0, 0.1) is 19.8 Å². The summed E-state index contributed by atoms with van der Waals surface area (Å²) in [6.07, 6.45) is 4.21. The van der Waals surface area contributed by atoms with Crippen LogP contribution in [-0.4, -0.2) is 23.2 Å². The first kappa shape index (κ1) is 19.5. The summed E-state index contributed by atoms with van der Waals surface area (Å²) < 4.78 is 5.77. The van der Waals surface area contributed by atoms with Crippen molar-refractivity contribution in [3.05, 3.63) is 29.3 Å². The van der Waals surface area contributed by atoms with Crippen LogP contribution in [0.1, 0.15) is 50.7 Å². The molecule has 3 N–H and O–H groups in total. The fraction of sp³-hybridized carbons (Fsp3) is 0.579. The molecule has 25 heavy (non-hydrogen) atoms. The lowest BCUT2D eigenvalue weighted by atomic mass is 9.86. The van der Waals surface area contributed by atoms with E-state index >= 15 is 0 Å². The average Bonchev–Trinajstić information content (AvgIpc) is 2.58. The predicted octanol–water partition coefficient (Wildman–Crippen LogP) is 3.14. The van der Waals surface area contributed by atoms with Crippen LogP contribution in [0.5, 0.6) is 5.75 Å². The molecule has 0 aliphatic heterocycles. The van der Waals surface area contributed by atoms with Gasteiger partial charge in [-0.05, 0) is 68.9 Å². The number of hydrogen-bond donors (Lipinski definition) is 3. The summed E-state index contributed by atoms with van der Waals surface area (Å²) in [4.78, 5) is 12.2. The number of nitrogens with one attached hydrogen (secondary N) is 3. The molecule has 0 unspecified atom stereocenters. The second-order valence-corrected chi connectivity index (χ2v) is 7.32. The molecule has 6 heteroatoms. The van der Waals surface area contributed by atoms with Gasteiger partial charge >= 0.3 is 0 Å². The number of hydrazine groups is 1. The first-order valence-corrected chi connectivity index (χ1v) is 9.38. The lowest BCUT2D eigenvalue weighted by Crippen LogP contribution is -2.53. The second-order valence-electron chi connectivity index (χ2n) is 6.91. The summed E-state index contributed by atoms with van der Waals surface area (Å²) in [5, 5.41) is 3.74. The molecule has 2 rings (SSSR count). The molecule has 1 aromatic rings. The molecule has 1 aliphatic carbocycles. The maximum absolute atomic E-state index is 12.2. The van der Waals surface area contributed by atoms with E-state index in [1.807, 2.05) is 32.0 Å². The molecule has 1 amide bonds. The van der Waals surface area contributed by atoms with E-state index in [2.05, 4.69) is 23.1 Å². The van der Waals surface area contributed by atoms with Gasteiger partial charge in [0.15, 0.2) is 11.2 Å². The van der Waals surface area contributed by atoms with E-state index in [4.69, 9.17) is 17.0 Å². The predicted molar refractivity (Wildman–Crippen MR) is 104 cm³/mol. The van der Waals surface area contributed by atoms with Gasteiger partial charge in [-0.15, -0.1) is 0 Å². The highest BCUT2D eigenvalue weighted by Gasteiger charge is 2.22. The zero-order chi connectivity index (χ0) is 18.4. The van der Waals surface area contributed by atoms with Crippen molar-refractivity contribution in [2.45, 2.75) is 65.5 Å². The van der Waals surface area contributed by atoms with Crippen molar-refractivity contribution in [3.8, 4) is 5.75 Å². The molecule has 1 fully saturated rings. The summed E-state index contributed by atoms with van der Waals surface area (Å²) in [5.74, 6) is 1.05. The Balaban J connectivity index is 1.78. The quantitative estimate of drug-likeness (QED) is 0.567. The summed E-state index contributed by atoms with van der Waals surface area (Å²) in [6, 6.07) is 6.18. The molecule has 0 heterocycles. The van der Waals surface area contributed by atoms with Crippen LogP contribution in [0.25, 0.3) is 0 Å². The molecule has 1 aliphatic rings. The summed E-state index contributed by atoms with van der Waals surface area (Å²) >= 11 is 5.28. The van der Waals surface area contributed by atoms with Crippen LogP contribution in [0.4, 0.5) is 0 Å². The maximum atomic E-state index is 12.2. The van der Waals surface area contributed by atoms with Crippen LogP contribution in [-0.2, 0) is 4.79 Å². The van der Waals surface area contributed by atoms with Gasteiger partial charge in [-0.25, -0.2) is 0 Å². The van der Waals surface area contributed by atoms with Gasteiger partial charge in [0.25, 0.3) is 5.91 Å². The third-order valence-corrected chi connectivity index (χ3v) is 5.18. The number of hydrogen-bond acceptors (Lipinski definition) is 3. The van der Waals surface area contributed by atoms with E-state index in [1.54, 1.807) is 6.92 Å². The number of ether oxygens (including phenoxy) is 1. The summed E-state index contributed by atoms with van der Waals surface area (Å²) in [7, 11) is 0. The average molecular weight is 364 g/mol. The number of carbonyl (C=O) groups excluding carboxylic acids is 1. The SMILES string of the molecule is Cc1cccc(O[C@@H](C)C(=O)NNC(=S)N[C@H]2CCCC[C@@H]2C)c1C. The second kappa shape index (κ2) is 9.04. The minimum Gasteiger partial charge on any atom is -0.481 e. The van der Waals surface area contributed by atoms with E-state index in [9.17, 15) is 4.79 Å². The summed E-state index contributed by atoms with van der Waals surface area (Å²) in [5.41, 5.74) is 7.58. The van der Waals surface area contributed by atoms with Crippen molar-refractivity contribution in [1.29, 1.82) is 0 Å². The lowest BCUT2D eigenvalue weighted by molar-refractivity contribution is -0.127. The highest BCUT2D eigenvalue weighted by molar-refractivity contribution is 7.80. The van der Waals surface area contributed by atoms with Gasteiger partial charge in [-0.1, -0.05) is 31.9 Å². The van der Waals surface area contributed by atoms with Gasteiger partial charge in [0, 0.05) is 6.04 Å². The fourth-order valence-electron chi connectivity index (χ4n) is 3.05. The van der Waals surface area contributed by atoms with Crippen LogP contribution in [0.3, 0.4) is 0 Å². The van der Waals surface area contributed by atoms with Crippen molar-refractivity contribution >= 4 is 23.2 Å². The number of rotatable bonds is 4. The molecule has 0 spiro atoms. The molecule has 0 aromatic heterocycles. The third-order valence-electron chi connectivity index (χ3n) is 4.96. The molecule has 5 nitrogen and oxygen atoms in total. The molecular formula is C19H29N3O2S. The van der Waals surface area contributed by atoms with Gasteiger partial charge < -0.3 is 10.1 Å². The molecule has 0 radical (unpaired) electrons. The number of thiocarbonyl (C=S) groups is 1. The number of amides is 1. The molecule has 1 aromatic carbocycles. The van der Waals surface area contributed by atoms with Crippen molar-refractivity contribution < 1.29 is 9.53 Å². The van der Waals surface area contributed by atoms with E-state index in [0.29, 0.717) is 17.1 Å². The normalized spacial score (nSPS) is 21.1. The zero-order valence-electron chi connectivity index (χ0n) is 15.5. The van der Waals surface area contributed by atoms with Crippen LogP contribution >= 0.6 is 12.2 Å². The van der Waals surface area contributed by atoms with Crippen molar-refractivity contribution in [1.82, 2.24) is 16.2 Å². The Kier molecular flexibility index (Phi) is 7.05. The summed E-state index contributed by atoms with van der Waals surface area (Å²) in [6.45, 7) is 7.96. The minimum absolute atomic E-state index is 0.262. The van der Waals surface area contributed by atoms with E-state index < -0.39 is 6.10 Å². The highest BCUT2D eigenvalue weighted by Crippen LogP contribution is 2.23. The Morgan fingerprint density at radius 2 is 1.96 bits per heavy atom. The minimum atomic E-state index is -0.621. The molecule has 138 valence electrons. The molecule has 1 saturated carbocycles. The fourth-order valence-corrected chi connectivity index (χ4v) is 3.25. The van der Waals surface area contributed by atoms with Crippen LogP contribution in [0.15, 0.2) is 18.2 Å². The largest absolute Gasteiger partial charge is 0.481 e. The Morgan fingerprint density at radius 3 is 2.68 bits per heavy atom. The lowest BCUT2D eigenvalue weighted by Gasteiger charge is -2.30. The molecule has 3 atom stereocenters. The van der Waals surface area contributed by atoms with Gasteiger partial charge in [0.2, 0.25) is 0 Å². The van der Waals surface area contributed by atoms with Gasteiger partial charge in [-0.3, -0.25) is 15.6 Å². The number of carbonyl (C=O) groups is 1. The standard InChI is InChI=1S/C19H29N3O2S/c1-12-9-7-11-17(14(12)3)24-15(4)18(23)21-22-19(25)20-16-10-6-5-8-13(16)2/h7,9,11,13,15-16H,5-6,8,10H2,1-4H3,(H,21,23)(H2,20,22,25)/t13-,15-,16-/m0/s1. The zero-order valence-corrected chi connectivity index (χ0v) is 16.3. The van der Waals surface area contributed by atoms with E-state index in [1.165, 1.54) is 19.3 Å². The van der Waals surface area contributed by atoms with Gasteiger partial charge in [0.05, 0.1) is 0 Å². The Morgan fingerprint density at radius 1 is 1.24 bits per heavy atom. The van der Waals surface area contributed by atoms with Crippen LogP contribution in [0.2, 0.25) is 0 Å². The first-order valence-electron chi connectivity index (χ1n) is 8.97. The van der Waals surface area contributed by atoms with Crippen molar-refractivity contribution in [2.75, 3.05) is 0 Å². The maximum Gasteiger partial charge on any atom is 0.279 e. The molecular weight excluding hydrogens is 334 g/mol. The number of aryl methyl sites for hydroxylation is 1. The smallest absolute Gasteiger partial charge is 0.279 e. The Bertz CT molecular complexity index is 621. The highest BCUT2D eigenvalue weighted by atomic mass is 32.1.